The number of halogens is 1. The van der Waals surface area contributed by atoms with Crippen LogP contribution >= 0.6 is 15.9 Å². The third kappa shape index (κ3) is 18.9. The lowest BCUT2D eigenvalue weighted by atomic mass is 9.78. The molecule has 9 heteroatoms. The summed E-state index contributed by atoms with van der Waals surface area (Å²) in [6.45, 7) is 22.8. The van der Waals surface area contributed by atoms with Gasteiger partial charge in [-0.05, 0) is 65.6 Å². The third-order valence-electron chi connectivity index (χ3n) is 7.86. The summed E-state index contributed by atoms with van der Waals surface area (Å²) < 4.78 is 5.96. The second kappa shape index (κ2) is 23.2. The second-order valence-corrected chi connectivity index (χ2v) is 12.9. The monoisotopic (exact) mass is 666 g/mol. The Labute approximate surface area is 269 Å². The average Bonchev–Trinajstić information content (AvgIpc) is 3.49. The predicted molar refractivity (Wildman–Crippen MR) is 183 cm³/mol. The third-order valence-corrected chi connectivity index (χ3v) is 8.29. The molecule has 0 aromatic carbocycles. The number of carboxylic acid groups (broad SMARTS) is 1. The number of rotatable bonds is 8. The van der Waals surface area contributed by atoms with Gasteiger partial charge in [0.05, 0.1) is 13.2 Å². The number of ether oxygens (including phenoxy) is 1. The number of H-pyrrole nitrogens is 1. The maximum Gasteiger partial charge on any atom is 0.300 e. The van der Waals surface area contributed by atoms with E-state index in [1.54, 1.807) is 12.5 Å². The van der Waals surface area contributed by atoms with E-state index in [-0.39, 0.29) is 5.56 Å². The Morgan fingerprint density at radius 3 is 2.12 bits per heavy atom. The van der Waals surface area contributed by atoms with Crippen LogP contribution in [0.25, 0.3) is 0 Å². The standard InChI is InChI=1S/C9H20.C8H10BrN3.C8H11NO.C7H14O.C2H4O2/c1-4-6-7-8-9(3)5-2;9-7-5-8(11-6-10-7)12-3-1-2-4-12;1-3-7-4-6(2)8(10)9-5-7;1-6(2)7(3)4-8-5-7;1-2(3)4/h9H,4-8H2,1-3H3;5-6H,1-4H2;4-5H,3H2,1-2H3,(H,9,10);6H,4-5H2,1-3H3;1H3,(H,3,4). The topological polar surface area (TPSA) is 108 Å². The fourth-order valence-electron chi connectivity index (χ4n) is 4.01. The quantitative estimate of drug-likeness (QED) is 0.215. The van der Waals surface area contributed by atoms with Gasteiger partial charge in [-0.15, -0.1) is 0 Å². The molecule has 1 unspecified atom stereocenters. The van der Waals surface area contributed by atoms with E-state index in [0.29, 0.717) is 5.41 Å². The van der Waals surface area contributed by atoms with Crippen molar-refractivity contribution in [3.05, 3.63) is 50.7 Å². The highest BCUT2D eigenvalue weighted by Crippen LogP contribution is 2.34. The van der Waals surface area contributed by atoms with E-state index in [4.69, 9.17) is 14.6 Å². The zero-order valence-electron chi connectivity index (χ0n) is 28.3. The summed E-state index contributed by atoms with van der Waals surface area (Å²) in [6.07, 6.45) is 13.9. The van der Waals surface area contributed by atoms with Crippen molar-refractivity contribution in [2.75, 3.05) is 31.2 Å². The molecule has 0 amide bonds. The summed E-state index contributed by atoms with van der Waals surface area (Å²) in [5.41, 5.74) is 2.48. The first-order valence-electron chi connectivity index (χ1n) is 16.0. The molecule has 2 aromatic rings. The van der Waals surface area contributed by atoms with E-state index in [0.717, 1.165) is 67.5 Å². The lowest BCUT2D eigenvalue weighted by Gasteiger charge is -2.41. The van der Waals surface area contributed by atoms with Crippen LogP contribution in [0.5, 0.6) is 0 Å². The van der Waals surface area contributed by atoms with Crippen LogP contribution < -0.4 is 10.5 Å². The molecule has 4 heterocycles. The van der Waals surface area contributed by atoms with Crippen LogP contribution in [-0.2, 0) is 16.0 Å². The first kappa shape index (κ1) is 40.7. The van der Waals surface area contributed by atoms with Crippen LogP contribution in [0.1, 0.15) is 111 Å². The molecular weight excluding hydrogens is 608 g/mol. The number of anilines is 1. The maximum atomic E-state index is 10.8. The largest absolute Gasteiger partial charge is 0.481 e. The number of nitrogens with one attached hydrogen (secondary N) is 1. The zero-order valence-corrected chi connectivity index (χ0v) is 29.9. The van der Waals surface area contributed by atoms with Crippen molar-refractivity contribution in [1.82, 2.24) is 15.0 Å². The predicted octanol–water partition coefficient (Wildman–Crippen LogP) is 8.47. The minimum Gasteiger partial charge on any atom is -0.481 e. The number of aromatic nitrogens is 3. The van der Waals surface area contributed by atoms with E-state index >= 15 is 0 Å². The van der Waals surface area contributed by atoms with Gasteiger partial charge in [0.15, 0.2) is 0 Å². The van der Waals surface area contributed by atoms with Crippen molar-refractivity contribution >= 4 is 27.7 Å². The molecule has 1 atom stereocenters. The fraction of sp³-hybridized carbons (Fsp3) is 0.706. The lowest BCUT2D eigenvalue weighted by Crippen LogP contribution is -2.43. The Kier molecular flexibility index (Phi) is 21.9. The average molecular weight is 668 g/mol. The van der Waals surface area contributed by atoms with Gasteiger partial charge in [-0.1, -0.05) is 80.6 Å². The van der Waals surface area contributed by atoms with Crippen molar-refractivity contribution in [1.29, 1.82) is 0 Å². The molecule has 2 aliphatic heterocycles. The Bertz CT molecular complexity index is 1060. The molecule has 0 radical (unpaired) electrons. The van der Waals surface area contributed by atoms with Crippen LogP contribution in [0.2, 0.25) is 0 Å². The number of carboxylic acids is 1. The molecule has 0 spiro atoms. The molecule has 4 rings (SSSR count). The number of carbonyl (C=O) groups is 1. The first-order valence-corrected chi connectivity index (χ1v) is 16.8. The summed E-state index contributed by atoms with van der Waals surface area (Å²) in [5, 5.41) is 7.42. The summed E-state index contributed by atoms with van der Waals surface area (Å²) >= 11 is 3.33. The molecule has 0 aliphatic carbocycles. The minimum atomic E-state index is -0.833. The van der Waals surface area contributed by atoms with Crippen LogP contribution in [0, 0.1) is 24.2 Å². The fourth-order valence-corrected chi connectivity index (χ4v) is 4.31. The van der Waals surface area contributed by atoms with E-state index < -0.39 is 5.97 Å². The summed E-state index contributed by atoms with van der Waals surface area (Å²) in [7, 11) is 0. The van der Waals surface area contributed by atoms with Crippen molar-refractivity contribution in [3.63, 3.8) is 0 Å². The summed E-state index contributed by atoms with van der Waals surface area (Å²) in [4.78, 5) is 33.0. The van der Waals surface area contributed by atoms with Crippen LogP contribution in [-0.4, -0.2) is 52.3 Å². The van der Waals surface area contributed by atoms with Gasteiger partial charge in [0.25, 0.3) is 11.5 Å². The second-order valence-electron chi connectivity index (χ2n) is 12.1. The molecule has 2 aromatic heterocycles. The molecule has 246 valence electrons. The van der Waals surface area contributed by atoms with Gasteiger partial charge in [-0.3, -0.25) is 9.59 Å². The Morgan fingerprint density at radius 1 is 1.12 bits per heavy atom. The van der Waals surface area contributed by atoms with Crippen LogP contribution in [0.4, 0.5) is 5.82 Å². The molecule has 0 bridgehead atoms. The van der Waals surface area contributed by atoms with Crippen molar-refractivity contribution in [2.24, 2.45) is 17.3 Å². The Morgan fingerprint density at radius 2 is 1.72 bits per heavy atom. The molecule has 0 saturated carbocycles. The molecule has 2 saturated heterocycles. The molecular formula is C34H59BrN4O4. The number of aliphatic carboxylic acids is 1. The van der Waals surface area contributed by atoms with Crippen molar-refractivity contribution in [3.8, 4) is 0 Å². The van der Waals surface area contributed by atoms with Gasteiger partial charge < -0.3 is 19.7 Å². The normalized spacial score (nSPS) is 15.2. The van der Waals surface area contributed by atoms with E-state index in [1.165, 1.54) is 50.5 Å². The smallest absolute Gasteiger partial charge is 0.300 e. The molecule has 8 nitrogen and oxygen atoms in total. The minimum absolute atomic E-state index is 0.0113. The highest BCUT2D eigenvalue weighted by atomic mass is 79.9. The maximum absolute atomic E-state index is 10.8. The number of pyridine rings is 1. The van der Waals surface area contributed by atoms with Crippen molar-refractivity contribution < 1.29 is 14.6 Å². The molecule has 43 heavy (non-hydrogen) atoms. The summed E-state index contributed by atoms with van der Waals surface area (Å²) in [5.74, 6) is 1.93. The molecule has 2 fully saturated rings. The number of aryl methyl sites for hydroxylation is 2. The zero-order chi connectivity index (χ0) is 32.8. The number of hydrogen-bond donors (Lipinski definition) is 2. The van der Waals surface area contributed by atoms with Crippen LogP contribution in [0.3, 0.4) is 0 Å². The highest BCUT2D eigenvalue weighted by molar-refractivity contribution is 9.10. The highest BCUT2D eigenvalue weighted by Gasteiger charge is 2.36. The van der Waals surface area contributed by atoms with Gasteiger partial charge in [0, 0.05) is 43.3 Å². The van der Waals surface area contributed by atoms with E-state index in [9.17, 15) is 4.79 Å². The van der Waals surface area contributed by atoms with Gasteiger partial charge >= 0.3 is 0 Å². The lowest BCUT2D eigenvalue weighted by molar-refractivity contribution is -0.134. The van der Waals surface area contributed by atoms with Gasteiger partial charge in [-0.25, -0.2) is 9.97 Å². The molecule has 2 aliphatic rings. The number of nitrogens with zero attached hydrogens (tertiary/aromatic N) is 3. The Balaban J connectivity index is 0.000000531. The van der Waals surface area contributed by atoms with E-state index in [2.05, 4.69) is 84.2 Å². The SMILES string of the molecule is Brc1cc(N2CCCC2)ncn1.CC(=O)O.CC(C)C1(C)COC1.CCCCCC(C)CC.CCc1c[nH]c(=O)c(C)c1. The number of aromatic amines is 1. The van der Waals surface area contributed by atoms with Gasteiger partial charge in [0.1, 0.15) is 16.7 Å². The van der Waals surface area contributed by atoms with Crippen molar-refractivity contribution in [2.45, 2.75) is 114 Å². The van der Waals surface area contributed by atoms with Gasteiger partial charge in [0.2, 0.25) is 0 Å². The van der Waals surface area contributed by atoms with Crippen LogP contribution in [0.15, 0.2) is 34.1 Å². The summed E-state index contributed by atoms with van der Waals surface area (Å²) in [6, 6.07) is 3.88. The number of hydrogen-bond acceptors (Lipinski definition) is 6. The van der Waals surface area contributed by atoms with E-state index in [1.807, 2.05) is 19.1 Å². The first-order chi connectivity index (χ1) is 20.3. The molecule has 2 N–H and O–H groups in total. The number of unbranched alkanes of at least 4 members (excludes halogenated alkanes) is 2. The van der Waals surface area contributed by atoms with Gasteiger partial charge in [-0.2, -0.15) is 0 Å². The Hall–Kier alpha value is -2.26.